The van der Waals surface area contributed by atoms with Crippen LogP contribution < -0.4 is 0 Å². The van der Waals surface area contributed by atoms with Crippen molar-refractivity contribution >= 4 is 29.2 Å². The van der Waals surface area contributed by atoms with Crippen LogP contribution in [-0.2, 0) is 9.53 Å². The van der Waals surface area contributed by atoms with E-state index in [9.17, 15) is 4.79 Å². The number of allylic oxidation sites excluding steroid dienone is 1. The van der Waals surface area contributed by atoms with E-state index in [0.29, 0.717) is 0 Å². The van der Waals surface area contributed by atoms with Crippen molar-refractivity contribution in [2.75, 3.05) is 0 Å². The first-order valence-electron chi connectivity index (χ1n) is 5.31. The molecule has 0 heterocycles. The van der Waals surface area contributed by atoms with Crippen LogP contribution in [0.15, 0.2) is 10.6 Å². The van der Waals surface area contributed by atoms with Crippen LogP contribution in [0.5, 0.6) is 0 Å². The predicted octanol–water partition coefficient (Wildman–Crippen LogP) is 3.92. The molecular formula is C12H18Cl2O2. The molecule has 92 valence electrons. The van der Waals surface area contributed by atoms with E-state index in [1.54, 1.807) is 6.08 Å². The van der Waals surface area contributed by atoms with E-state index >= 15 is 0 Å². The van der Waals surface area contributed by atoms with Crippen LogP contribution in [0, 0.1) is 17.3 Å². The molecule has 0 amide bonds. The molecule has 0 aromatic heterocycles. The van der Waals surface area contributed by atoms with Crippen molar-refractivity contribution in [1.82, 2.24) is 0 Å². The van der Waals surface area contributed by atoms with Crippen molar-refractivity contribution in [1.29, 1.82) is 0 Å². The third kappa shape index (κ3) is 3.14. The number of hydrogen-bond acceptors (Lipinski definition) is 2. The smallest absolute Gasteiger partial charge is 0.310 e. The number of halogens is 2. The lowest BCUT2D eigenvalue weighted by Crippen LogP contribution is -2.26. The second-order valence-electron chi connectivity index (χ2n) is 5.81. The van der Waals surface area contributed by atoms with Gasteiger partial charge in [0.15, 0.2) is 0 Å². The van der Waals surface area contributed by atoms with E-state index in [1.807, 2.05) is 34.6 Å². The quantitative estimate of drug-likeness (QED) is 0.707. The largest absolute Gasteiger partial charge is 0.460 e. The van der Waals surface area contributed by atoms with Gasteiger partial charge in [0, 0.05) is 0 Å². The molecule has 1 saturated carbocycles. The molecule has 0 unspecified atom stereocenters. The van der Waals surface area contributed by atoms with Gasteiger partial charge >= 0.3 is 5.97 Å². The fourth-order valence-corrected chi connectivity index (χ4v) is 2.21. The molecule has 1 fully saturated rings. The molecular weight excluding hydrogens is 247 g/mol. The van der Waals surface area contributed by atoms with Gasteiger partial charge in [0.25, 0.3) is 0 Å². The number of carbonyl (C=O) groups is 1. The first kappa shape index (κ1) is 13.9. The summed E-state index contributed by atoms with van der Waals surface area (Å²) in [7, 11) is 0. The van der Waals surface area contributed by atoms with Crippen molar-refractivity contribution in [3.63, 3.8) is 0 Å². The lowest BCUT2D eigenvalue weighted by molar-refractivity contribution is -0.157. The fraction of sp³-hybridized carbons (Fsp3) is 0.750. The summed E-state index contributed by atoms with van der Waals surface area (Å²) < 4.78 is 5.57. The molecule has 1 rings (SSSR count). The van der Waals surface area contributed by atoms with E-state index in [4.69, 9.17) is 27.9 Å². The van der Waals surface area contributed by atoms with E-state index in [0.717, 1.165) is 0 Å². The molecule has 1 aliphatic carbocycles. The Kier molecular flexibility index (Phi) is 3.66. The van der Waals surface area contributed by atoms with Gasteiger partial charge in [-0.05, 0) is 38.2 Å². The molecule has 2 atom stereocenters. The van der Waals surface area contributed by atoms with E-state index in [-0.39, 0.29) is 27.7 Å². The lowest BCUT2D eigenvalue weighted by atomic mass is 10.1. The summed E-state index contributed by atoms with van der Waals surface area (Å²) in [5.74, 6) is -0.236. The molecule has 0 aromatic carbocycles. The van der Waals surface area contributed by atoms with Crippen molar-refractivity contribution < 1.29 is 9.53 Å². The maximum atomic E-state index is 11.9. The Morgan fingerprint density at radius 1 is 1.31 bits per heavy atom. The monoisotopic (exact) mass is 264 g/mol. The highest BCUT2D eigenvalue weighted by Crippen LogP contribution is 2.60. The lowest BCUT2D eigenvalue weighted by Gasteiger charge is -2.19. The molecule has 0 spiro atoms. The van der Waals surface area contributed by atoms with Gasteiger partial charge in [0.05, 0.1) is 5.92 Å². The zero-order valence-electron chi connectivity index (χ0n) is 10.3. The zero-order valence-corrected chi connectivity index (χ0v) is 11.8. The van der Waals surface area contributed by atoms with Crippen LogP contribution in [0.25, 0.3) is 0 Å². The summed E-state index contributed by atoms with van der Waals surface area (Å²) in [4.78, 5) is 11.9. The standard InChI is InChI=1S/C12H18Cl2O2/c1-11(2,3)16-10(15)9-7(6-8(13)14)12(9,4)5/h6-7,9H,1-5H3/t7-,9+/m1/s1. The van der Waals surface area contributed by atoms with Crippen LogP contribution in [-0.4, -0.2) is 11.6 Å². The fourth-order valence-electron chi connectivity index (χ4n) is 1.94. The van der Waals surface area contributed by atoms with E-state index in [1.165, 1.54) is 0 Å². The van der Waals surface area contributed by atoms with Crippen LogP contribution in [0.1, 0.15) is 34.6 Å². The van der Waals surface area contributed by atoms with Gasteiger partial charge in [-0.2, -0.15) is 0 Å². The molecule has 0 bridgehead atoms. The first-order valence-corrected chi connectivity index (χ1v) is 6.07. The second kappa shape index (κ2) is 4.23. The average Bonchev–Trinajstić information content (AvgIpc) is 2.47. The van der Waals surface area contributed by atoms with Crippen LogP contribution in [0.2, 0.25) is 0 Å². The molecule has 0 aliphatic heterocycles. The molecule has 16 heavy (non-hydrogen) atoms. The highest BCUT2D eigenvalue weighted by molar-refractivity contribution is 6.55. The minimum Gasteiger partial charge on any atom is -0.460 e. The normalized spacial score (nSPS) is 27.2. The summed E-state index contributed by atoms with van der Waals surface area (Å²) in [6.07, 6.45) is 1.72. The molecule has 0 radical (unpaired) electrons. The molecule has 0 saturated heterocycles. The van der Waals surface area contributed by atoms with Gasteiger partial charge in [-0.3, -0.25) is 4.79 Å². The topological polar surface area (TPSA) is 26.3 Å². The van der Waals surface area contributed by atoms with E-state index in [2.05, 4.69) is 0 Å². The highest BCUT2D eigenvalue weighted by Gasteiger charge is 2.62. The van der Waals surface area contributed by atoms with Crippen LogP contribution >= 0.6 is 23.2 Å². The Labute approximate surface area is 107 Å². The van der Waals surface area contributed by atoms with Crippen molar-refractivity contribution in [2.45, 2.75) is 40.2 Å². The summed E-state index contributed by atoms with van der Waals surface area (Å²) in [5, 5.41) is 0. The number of rotatable bonds is 2. The van der Waals surface area contributed by atoms with Gasteiger partial charge in [-0.15, -0.1) is 0 Å². The summed E-state index contributed by atoms with van der Waals surface area (Å²) >= 11 is 11.2. The first-order chi connectivity index (χ1) is 7.05. The Bertz CT molecular complexity index is 322. The minimum absolute atomic E-state index is 0.0762. The Morgan fingerprint density at radius 3 is 2.19 bits per heavy atom. The maximum absolute atomic E-state index is 11.9. The van der Waals surface area contributed by atoms with Crippen LogP contribution in [0.4, 0.5) is 0 Å². The Balaban J connectivity index is 2.70. The van der Waals surface area contributed by atoms with Gasteiger partial charge in [-0.1, -0.05) is 37.0 Å². The number of carbonyl (C=O) groups excluding carboxylic acids is 1. The van der Waals surface area contributed by atoms with Crippen molar-refractivity contribution in [3.8, 4) is 0 Å². The highest BCUT2D eigenvalue weighted by atomic mass is 35.5. The average molecular weight is 265 g/mol. The SMILES string of the molecule is CC(C)(C)OC(=O)[C@@H]1[C@@H](C=C(Cl)Cl)C1(C)C. The molecule has 4 heteroatoms. The summed E-state index contributed by atoms with van der Waals surface area (Å²) in [6.45, 7) is 9.61. The van der Waals surface area contributed by atoms with Crippen molar-refractivity contribution in [2.24, 2.45) is 17.3 Å². The number of hydrogen-bond donors (Lipinski definition) is 0. The molecule has 2 nitrogen and oxygen atoms in total. The maximum Gasteiger partial charge on any atom is 0.310 e. The van der Waals surface area contributed by atoms with Gasteiger partial charge in [0.1, 0.15) is 10.1 Å². The van der Waals surface area contributed by atoms with Gasteiger partial charge < -0.3 is 4.74 Å². The van der Waals surface area contributed by atoms with E-state index < -0.39 is 5.60 Å². The third-order valence-corrected chi connectivity index (χ3v) is 3.13. The number of ether oxygens (including phenoxy) is 1. The molecule has 0 aromatic rings. The number of esters is 1. The molecule has 0 N–H and O–H groups in total. The van der Waals surface area contributed by atoms with Crippen molar-refractivity contribution in [3.05, 3.63) is 10.6 Å². The Hall–Kier alpha value is -0.210. The Morgan fingerprint density at radius 2 is 1.81 bits per heavy atom. The third-order valence-electron chi connectivity index (χ3n) is 2.88. The van der Waals surface area contributed by atoms with Gasteiger partial charge in [-0.25, -0.2) is 0 Å². The summed E-state index contributed by atoms with van der Waals surface area (Å²) in [5.41, 5.74) is -0.563. The summed E-state index contributed by atoms with van der Waals surface area (Å²) in [6, 6.07) is 0. The minimum atomic E-state index is -0.450. The molecule has 1 aliphatic rings. The zero-order chi connectivity index (χ0) is 12.7. The van der Waals surface area contributed by atoms with Gasteiger partial charge in [0.2, 0.25) is 0 Å². The second-order valence-corrected chi connectivity index (χ2v) is 6.82. The van der Waals surface area contributed by atoms with Crippen LogP contribution in [0.3, 0.4) is 0 Å². The predicted molar refractivity (Wildman–Crippen MR) is 66.4 cm³/mol.